The molecule has 1 fully saturated rings. The highest BCUT2D eigenvalue weighted by Gasteiger charge is 2.31. The summed E-state index contributed by atoms with van der Waals surface area (Å²) >= 11 is 1.42. The zero-order chi connectivity index (χ0) is 20.8. The van der Waals surface area contributed by atoms with E-state index in [1.54, 1.807) is 0 Å². The van der Waals surface area contributed by atoms with Crippen molar-refractivity contribution in [1.82, 2.24) is 10.2 Å². The molecule has 0 aliphatic carbocycles. The predicted octanol–water partition coefficient (Wildman–Crippen LogP) is 2.32. The number of carbonyl (C=O) groups is 2. The van der Waals surface area contributed by atoms with Gasteiger partial charge in [-0.2, -0.15) is 0 Å². The van der Waals surface area contributed by atoms with Crippen LogP contribution in [0, 0.1) is 5.82 Å². The van der Waals surface area contributed by atoms with E-state index in [4.69, 9.17) is 4.74 Å². The summed E-state index contributed by atoms with van der Waals surface area (Å²) in [5.41, 5.74) is -0.187. The molecule has 0 saturated carbocycles. The maximum atomic E-state index is 14.1. The normalized spacial score (nSPS) is 18.9. The number of β-amino-alcohol motifs (C(OH)–C–C–N with tert-alkyl or cyclic N) is 1. The average molecular weight is 418 g/mol. The second-order valence-electron chi connectivity index (χ2n) is 6.78. The highest BCUT2D eigenvalue weighted by molar-refractivity contribution is 8.00. The summed E-state index contributed by atoms with van der Waals surface area (Å²) < 4.78 is 19.2. The molecule has 1 saturated heterocycles. The summed E-state index contributed by atoms with van der Waals surface area (Å²) in [5, 5.41) is 12.9. The van der Waals surface area contributed by atoms with Gasteiger partial charge in [0.25, 0.3) is 5.91 Å². The van der Waals surface area contributed by atoms with Crippen LogP contribution in [0.4, 0.5) is 4.39 Å². The van der Waals surface area contributed by atoms with Crippen LogP contribution in [-0.2, 0) is 4.79 Å². The lowest BCUT2D eigenvalue weighted by molar-refractivity contribution is -0.132. The first-order valence-corrected chi connectivity index (χ1v) is 10.2. The predicted molar refractivity (Wildman–Crippen MR) is 109 cm³/mol. The third-order valence-electron chi connectivity index (χ3n) is 4.64. The van der Waals surface area contributed by atoms with Gasteiger partial charge in [0.15, 0.2) is 0 Å². The first-order valence-electron chi connectivity index (χ1n) is 9.25. The fourth-order valence-electron chi connectivity index (χ4n) is 3.29. The Morgan fingerprint density at radius 1 is 1.21 bits per heavy atom. The maximum absolute atomic E-state index is 14.1. The summed E-state index contributed by atoms with van der Waals surface area (Å²) in [6.45, 7) is 0.470. The highest BCUT2D eigenvalue weighted by Crippen LogP contribution is 2.22. The summed E-state index contributed by atoms with van der Waals surface area (Å²) in [6, 6.07) is 13.2. The van der Waals surface area contributed by atoms with Gasteiger partial charge >= 0.3 is 0 Å². The Bertz CT molecular complexity index is 865. The SMILES string of the molecule is COc1cccc(F)c1C(=O)N[C@H]1C[C@@H](O)CN(C(=O)CSc2ccccc2)C1. The molecule has 2 amide bonds. The molecule has 29 heavy (non-hydrogen) atoms. The maximum Gasteiger partial charge on any atom is 0.258 e. The minimum Gasteiger partial charge on any atom is -0.496 e. The molecule has 1 aliphatic rings. The zero-order valence-electron chi connectivity index (χ0n) is 16.0. The molecule has 1 aliphatic heterocycles. The molecular formula is C21H23FN2O4S. The van der Waals surface area contributed by atoms with E-state index in [9.17, 15) is 19.1 Å². The quantitative estimate of drug-likeness (QED) is 0.704. The van der Waals surface area contributed by atoms with E-state index in [1.807, 2.05) is 30.3 Å². The van der Waals surface area contributed by atoms with E-state index in [0.29, 0.717) is 0 Å². The van der Waals surface area contributed by atoms with Crippen molar-refractivity contribution in [3.05, 3.63) is 59.9 Å². The molecule has 0 spiro atoms. The number of rotatable bonds is 6. The lowest BCUT2D eigenvalue weighted by atomic mass is 10.0. The Hall–Kier alpha value is -2.58. The average Bonchev–Trinajstić information content (AvgIpc) is 2.71. The largest absolute Gasteiger partial charge is 0.496 e. The van der Waals surface area contributed by atoms with Crippen LogP contribution in [0.25, 0.3) is 0 Å². The minimum atomic E-state index is -0.762. The Morgan fingerprint density at radius 3 is 2.69 bits per heavy atom. The van der Waals surface area contributed by atoms with Crippen molar-refractivity contribution in [3.8, 4) is 5.75 Å². The number of hydrogen-bond acceptors (Lipinski definition) is 5. The fourth-order valence-corrected chi connectivity index (χ4v) is 4.11. The number of carbonyl (C=O) groups excluding carboxylic acids is 2. The van der Waals surface area contributed by atoms with E-state index in [1.165, 1.54) is 42.0 Å². The number of nitrogens with one attached hydrogen (secondary N) is 1. The molecule has 0 radical (unpaired) electrons. The van der Waals surface area contributed by atoms with Crippen molar-refractivity contribution in [1.29, 1.82) is 0 Å². The molecule has 2 N–H and O–H groups in total. The van der Waals surface area contributed by atoms with Gasteiger partial charge in [0.1, 0.15) is 17.1 Å². The van der Waals surface area contributed by atoms with Gasteiger partial charge in [0.05, 0.1) is 19.0 Å². The van der Waals surface area contributed by atoms with Crippen molar-refractivity contribution >= 4 is 23.6 Å². The van der Waals surface area contributed by atoms with Crippen molar-refractivity contribution in [2.75, 3.05) is 26.0 Å². The first-order chi connectivity index (χ1) is 14.0. The monoisotopic (exact) mass is 418 g/mol. The summed E-state index contributed by atoms with van der Waals surface area (Å²) in [6.07, 6.45) is -0.472. The molecule has 8 heteroatoms. The van der Waals surface area contributed by atoms with Gasteiger partial charge in [-0.25, -0.2) is 4.39 Å². The van der Waals surface area contributed by atoms with E-state index in [-0.39, 0.29) is 42.5 Å². The van der Waals surface area contributed by atoms with Crippen molar-refractivity contribution in [2.45, 2.75) is 23.5 Å². The smallest absolute Gasteiger partial charge is 0.258 e. The van der Waals surface area contributed by atoms with Crippen LogP contribution in [0.3, 0.4) is 0 Å². The molecule has 6 nitrogen and oxygen atoms in total. The number of hydrogen-bond donors (Lipinski definition) is 2. The van der Waals surface area contributed by atoms with E-state index in [0.717, 1.165) is 4.90 Å². The van der Waals surface area contributed by atoms with Gasteiger partial charge in [-0.1, -0.05) is 24.3 Å². The van der Waals surface area contributed by atoms with Crippen molar-refractivity contribution < 1.29 is 23.8 Å². The van der Waals surface area contributed by atoms with Crippen LogP contribution in [0.1, 0.15) is 16.8 Å². The van der Waals surface area contributed by atoms with Crippen LogP contribution in [0.2, 0.25) is 0 Å². The second kappa shape index (κ2) is 9.76. The standard InChI is InChI=1S/C21H23FN2O4S/c1-28-18-9-5-8-17(22)20(18)21(27)23-14-10-15(25)12-24(11-14)19(26)13-29-16-6-3-2-4-7-16/h2-9,14-15,25H,10-13H2,1H3,(H,23,27)/t14-,15+/m0/s1. The lowest BCUT2D eigenvalue weighted by Crippen LogP contribution is -2.54. The Balaban J connectivity index is 1.62. The number of benzene rings is 2. The number of methoxy groups -OCH3 is 1. The Labute approximate surface area is 173 Å². The van der Waals surface area contributed by atoms with Gasteiger partial charge in [0.2, 0.25) is 5.91 Å². The lowest BCUT2D eigenvalue weighted by Gasteiger charge is -2.36. The number of thioether (sulfide) groups is 1. The third kappa shape index (κ3) is 5.48. The zero-order valence-corrected chi connectivity index (χ0v) is 16.8. The molecule has 3 rings (SSSR count). The summed E-state index contributed by atoms with van der Waals surface area (Å²) in [4.78, 5) is 27.7. The van der Waals surface area contributed by atoms with E-state index >= 15 is 0 Å². The molecule has 154 valence electrons. The molecule has 0 unspecified atom stereocenters. The Morgan fingerprint density at radius 2 is 1.97 bits per heavy atom. The molecule has 2 atom stereocenters. The van der Waals surface area contributed by atoms with Gasteiger partial charge in [-0.3, -0.25) is 9.59 Å². The van der Waals surface area contributed by atoms with Crippen molar-refractivity contribution in [3.63, 3.8) is 0 Å². The number of ether oxygens (including phenoxy) is 1. The van der Waals surface area contributed by atoms with E-state index < -0.39 is 23.9 Å². The Kier molecular flexibility index (Phi) is 7.11. The van der Waals surface area contributed by atoms with Crippen LogP contribution in [0.5, 0.6) is 5.75 Å². The number of piperidine rings is 1. The number of likely N-dealkylation sites (tertiary alicyclic amines) is 1. The molecular weight excluding hydrogens is 395 g/mol. The summed E-state index contributed by atoms with van der Waals surface area (Å²) in [5.74, 6) is -1.08. The second-order valence-corrected chi connectivity index (χ2v) is 7.83. The summed E-state index contributed by atoms with van der Waals surface area (Å²) in [7, 11) is 1.36. The topological polar surface area (TPSA) is 78.9 Å². The first kappa shape index (κ1) is 21.1. The highest BCUT2D eigenvalue weighted by atomic mass is 32.2. The van der Waals surface area contributed by atoms with Gasteiger partial charge < -0.3 is 20.1 Å². The number of amides is 2. The number of halogens is 1. The fraction of sp³-hybridized carbons (Fsp3) is 0.333. The van der Waals surface area contributed by atoms with Crippen LogP contribution < -0.4 is 10.1 Å². The van der Waals surface area contributed by atoms with Gasteiger partial charge in [-0.05, 0) is 30.7 Å². The molecule has 1 heterocycles. The number of nitrogens with zero attached hydrogens (tertiary/aromatic N) is 1. The van der Waals surface area contributed by atoms with Crippen LogP contribution in [-0.4, -0.2) is 59.9 Å². The third-order valence-corrected chi connectivity index (χ3v) is 5.64. The molecule has 0 aromatic heterocycles. The van der Waals surface area contributed by atoms with Crippen molar-refractivity contribution in [2.24, 2.45) is 0 Å². The van der Waals surface area contributed by atoms with Gasteiger partial charge in [0, 0.05) is 24.0 Å². The molecule has 0 bridgehead atoms. The van der Waals surface area contributed by atoms with Gasteiger partial charge in [-0.15, -0.1) is 11.8 Å². The number of aliphatic hydroxyl groups excluding tert-OH is 1. The minimum absolute atomic E-state index is 0.125. The number of aliphatic hydroxyl groups is 1. The van der Waals surface area contributed by atoms with Crippen LogP contribution in [0.15, 0.2) is 53.4 Å². The molecule has 2 aromatic carbocycles. The van der Waals surface area contributed by atoms with Crippen LogP contribution >= 0.6 is 11.8 Å². The molecule has 2 aromatic rings. The van der Waals surface area contributed by atoms with E-state index in [2.05, 4.69) is 5.32 Å².